The van der Waals surface area contributed by atoms with Crippen LogP contribution in [0, 0.1) is 0 Å². The SMILES string of the molecule is CB1OC(C)(C)C(C)(C)O1.CB1OCCCO1.CC. The molecular formula is C13H30B2O4. The van der Waals surface area contributed by atoms with Gasteiger partial charge >= 0.3 is 14.2 Å². The van der Waals surface area contributed by atoms with Crippen LogP contribution in [0.15, 0.2) is 0 Å². The summed E-state index contributed by atoms with van der Waals surface area (Å²) in [5, 5.41) is 0. The summed E-state index contributed by atoms with van der Waals surface area (Å²) in [5.41, 5.74) is -0.321. The minimum atomic E-state index is -0.160. The van der Waals surface area contributed by atoms with Gasteiger partial charge in [-0.2, -0.15) is 0 Å². The van der Waals surface area contributed by atoms with Crippen molar-refractivity contribution in [3.8, 4) is 0 Å². The van der Waals surface area contributed by atoms with E-state index >= 15 is 0 Å². The summed E-state index contributed by atoms with van der Waals surface area (Å²) >= 11 is 0. The van der Waals surface area contributed by atoms with Crippen LogP contribution in [-0.2, 0) is 18.6 Å². The molecule has 0 aromatic rings. The predicted octanol–water partition coefficient (Wildman–Crippen LogP) is 3.28. The molecule has 6 heteroatoms. The maximum atomic E-state index is 5.54. The minimum absolute atomic E-state index is 0.0359. The van der Waals surface area contributed by atoms with E-state index in [2.05, 4.69) is 27.7 Å². The van der Waals surface area contributed by atoms with E-state index < -0.39 is 0 Å². The normalized spacial score (nSPS) is 24.0. The first-order valence-corrected chi connectivity index (χ1v) is 7.33. The van der Waals surface area contributed by atoms with Crippen LogP contribution in [-0.4, -0.2) is 38.7 Å². The molecule has 2 rings (SSSR count). The Morgan fingerprint density at radius 3 is 1.26 bits per heavy atom. The molecule has 2 saturated heterocycles. The standard InChI is InChI=1S/C7H15BO2.C4H9BO2.C2H6/c1-6(2)7(3,4)10-8(5)9-6;1-5-6-3-2-4-7-5;1-2/h1-5H3;2-4H2,1H3;1-2H3. The maximum Gasteiger partial charge on any atom is 0.454 e. The smallest absolute Gasteiger partial charge is 0.411 e. The Morgan fingerprint density at radius 1 is 0.737 bits per heavy atom. The third-order valence-electron chi connectivity index (χ3n) is 3.36. The first kappa shape index (κ1) is 19.0. The third-order valence-corrected chi connectivity index (χ3v) is 3.36. The molecule has 0 spiro atoms. The lowest BCUT2D eigenvalue weighted by atomic mass is 9.90. The minimum Gasteiger partial charge on any atom is -0.411 e. The van der Waals surface area contributed by atoms with Gasteiger partial charge in [0, 0.05) is 13.2 Å². The Balaban J connectivity index is 0.000000316. The molecule has 0 radical (unpaired) electrons. The van der Waals surface area contributed by atoms with E-state index in [1.807, 2.05) is 27.5 Å². The average Bonchev–Trinajstić information content (AvgIpc) is 2.50. The molecule has 0 amide bonds. The van der Waals surface area contributed by atoms with Gasteiger partial charge in [-0.3, -0.25) is 0 Å². The quantitative estimate of drug-likeness (QED) is 0.634. The zero-order valence-electron chi connectivity index (χ0n) is 13.9. The van der Waals surface area contributed by atoms with Crippen LogP contribution in [0.3, 0.4) is 0 Å². The van der Waals surface area contributed by atoms with Crippen molar-refractivity contribution in [2.24, 2.45) is 0 Å². The maximum absolute atomic E-state index is 5.54. The molecule has 0 aromatic carbocycles. The van der Waals surface area contributed by atoms with Crippen LogP contribution in [0.4, 0.5) is 0 Å². The van der Waals surface area contributed by atoms with Crippen molar-refractivity contribution >= 4 is 14.2 Å². The summed E-state index contributed by atoms with van der Waals surface area (Å²) in [6.07, 6.45) is 1.05. The molecular weight excluding hydrogens is 242 g/mol. The van der Waals surface area contributed by atoms with Crippen molar-refractivity contribution in [2.45, 2.75) is 72.8 Å². The van der Waals surface area contributed by atoms with Crippen LogP contribution >= 0.6 is 0 Å². The fourth-order valence-electron chi connectivity index (χ4n) is 1.74. The van der Waals surface area contributed by atoms with E-state index in [4.69, 9.17) is 18.6 Å². The zero-order valence-corrected chi connectivity index (χ0v) is 13.9. The molecule has 2 fully saturated rings. The fraction of sp³-hybridized carbons (Fsp3) is 1.00. The Morgan fingerprint density at radius 2 is 1.11 bits per heavy atom. The summed E-state index contributed by atoms with van der Waals surface area (Å²) in [6, 6.07) is 0. The highest BCUT2D eigenvalue weighted by atomic mass is 16.7. The molecule has 0 atom stereocenters. The van der Waals surface area contributed by atoms with E-state index in [-0.39, 0.29) is 25.4 Å². The van der Waals surface area contributed by atoms with Crippen LogP contribution in [0.5, 0.6) is 0 Å². The van der Waals surface area contributed by atoms with Gasteiger partial charge in [-0.15, -0.1) is 0 Å². The second-order valence-corrected chi connectivity index (χ2v) is 5.49. The second kappa shape index (κ2) is 8.30. The molecule has 0 saturated carbocycles. The molecule has 2 aliphatic rings. The van der Waals surface area contributed by atoms with Gasteiger partial charge in [0.15, 0.2) is 0 Å². The highest BCUT2D eigenvalue weighted by Crippen LogP contribution is 2.36. The summed E-state index contributed by atoms with van der Waals surface area (Å²) in [5.74, 6) is 0. The summed E-state index contributed by atoms with van der Waals surface area (Å²) in [4.78, 5) is 0. The predicted molar refractivity (Wildman–Crippen MR) is 81.4 cm³/mol. The molecule has 0 bridgehead atoms. The highest BCUT2D eigenvalue weighted by Gasteiger charge is 2.48. The van der Waals surface area contributed by atoms with Gasteiger partial charge in [0.2, 0.25) is 0 Å². The summed E-state index contributed by atoms with van der Waals surface area (Å²) in [7, 11) is -0.0289. The van der Waals surface area contributed by atoms with E-state index in [9.17, 15) is 0 Å². The molecule has 0 unspecified atom stereocenters. The Hall–Kier alpha value is -0.0301. The van der Waals surface area contributed by atoms with E-state index in [1.54, 1.807) is 0 Å². The number of hydrogen-bond acceptors (Lipinski definition) is 4. The molecule has 0 aromatic heterocycles. The van der Waals surface area contributed by atoms with Crippen LogP contribution < -0.4 is 0 Å². The van der Waals surface area contributed by atoms with Crippen molar-refractivity contribution in [2.75, 3.05) is 13.2 Å². The van der Waals surface area contributed by atoms with Crippen LogP contribution in [0.1, 0.15) is 48.0 Å². The molecule has 2 aliphatic heterocycles. The molecule has 2 heterocycles. The van der Waals surface area contributed by atoms with Gasteiger partial charge in [0.25, 0.3) is 0 Å². The topological polar surface area (TPSA) is 36.9 Å². The van der Waals surface area contributed by atoms with Crippen molar-refractivity contribution in [1.29, 1.82) is 0 Å². The van der Waals surface area contributed by atoms with Crippen molar-refractivity contribution < 1.29 is 18.6 Å². The summed E-state index contributed by atoms with van der Waals surface area (Å²) in [6.45, 7) is 17.8. The Labute approximate surface area is 119 Å². The van der Waals surface area contributed by atoms with Crippen molar-refractivity contribution in [3.63, 3.8) is 0 Å². The molecule has 4 nitrogen and oxygen atoms in total. The summed E-state index contributed by atoms with van der Waals surface area (Å²) < 4.78 is 21.2. The first-order valence-electron chi connectivity index (χ1n) is 7.33. The average molecular weight is 272 g/mol. The fourth-order valence-corrected chi connectivity index (χ4v) is 1.74. The number of hydrogen-bond donors (Lipinski definition) is 0. The largest absolute Gasteiger partial charge is 0.454 e. The van der Waals surface area contributed by atoms with Gasteiger partial charge in [0.1, 0.15) is 0 Å². The second-order valence-electron chi connectivity index (χ2n) is 5.49. The molecule has 19 heavy (non-hydrogen) atoms. The molecule has 112 valence electrons. The lowest BCUT2D eigenvalue weighted by molar-refractivity contribution is 0.00578. The lowest BCUT2D eigenvalue weighted by Crippen LogP contribution is -2.41. The van der Waals surface area contributed by atoms with E-state index in [0.717, 1.165) is 19.6 Å². The Bertz CT molecular complexity index is 225. The Kier molecular flexibility index (Phi) is 8.29. The van der Waals surface area contributed by atoms with Gasteiger partial charge in [0.05, 0.1) is 11.2 Å². The lowest BCUT2D eigenvalue weighted by Gasteiger charge is -2.32. The van der Waals surface area contributed by atoms with Crippen LogP contribution in [0.25, 0.3) is 0 Å². The molecule has 0 N–H and O–H groups in total. The van der Waals surface area contributed by atoms with Gasteiger partial charge in [-0.05, 0) is 47.8 Å². The van der Waals surface area contributed by atoms with Crippen molar-refractivity contribution in [1.82, 2.24) is 0 Å². The molecule has 0 aliphatic carbocycles. The third kappa shape index (κ3) is 6.30. The van der Waals surface area contributed by atoms with E-state index in [0.29, 0.717) is 0 Å². The highest BCUT2D eigenvalue weighted by molar-refractivity contribution is 6.43. The van der Waals surface area contributed by atoms with Crippen molar-refractivity contribution in [3.05, 3.63) is 0 Å². The van der Waals surface area contributed by atoms with E-state index in [1.165, 1.54) is 0 Å². The first-order chi connectivity index (χ1) is 8.74. The van der Waals surface area contributed by atoms with Gasteiger partial charge in [-0.1, -0.05) is 13.8 Å². The van der Waals surface area contributed by atoms with Crippen LogP contribution in [0.2, 0.25) is 13.6 Å². The van der Waals surface area contributed by atoms with Gasteiger partial charge < -0.3 is 18.6 Å². The van der Waals surface area contributed by atoms with Gasteiger partial charge in [-0.25, -0.2) is 0 Å². The zero-order chi connectivity index (χ0) is 15.1. The monoisotopic (exact) mass is 272 g/mol. The number of rotatable bonds is 0.